The molecule has 1 unspecified atom stereocenters. The average Bonchev–Trinajstić information content (AvgIpc) is 2.71. The van der Waals surface area contributed by atoms with Gasteiger partial charge >= 0.3 is 0 Å². The number of rotatable bonds is 2. The van der Waals surface area contributed by atoms with Crippen LogP contribution < -0.4 is 0 Å². The molecular weight excluding hydrogens is 210 g/mol. The average molecular weight is 218 g/mol. The summed E-state index contributed by atoms with van der Waals surface area (Å²) in [5, 5.41) is 0. The van der Waals surface area contributed by atoms with E-state index < -0.39 is 0 Å². The molecule has 1 aromatic heterocycles. The number of nitrogens with zero attached hydrogens (tertiary/aromatic N) is 1. The fraction of sp³-hybridized carbons (Fsp3) is 0.500. The third-order valence-electron chi connectivity index (χ3n) is 2.08. The van der Waals surface area contributed by atoms with Crippen LogP contribution in [0.2, 0.25) is 4.47 Å². The molecule has 1 saturated heterocycles. The van der Waals surface area contributed by atoms with Gasteiger partial charge in [0.15, 0.2) is 10.8 Å². The fourth-order valence-electron chi connectivity index (χ4n) is 1.44. The molecule has 3 nitrogen and oxygen atoms in total. The Kier molecular flexibility index (Phi) is 2.62. The summed E-state index contributed by atoms with van der Waals surface area (Å²) >= 11 is 6.96. The smallest absolute Gasteiger partial charge is 0.184 e. The maximum absolute atomic E-state index is 10.7. The van der Waals surface area contributed by atoms with Crippen LogP contribution in [-0.2, 0) is 4.74 Å². The van der Waals surface area contributed by atoms with Gasteiger partial charge in [-0.25, -0.2) is 4.98 Å². The van der Waals surface area contributed by atoms with Gasteiger partial charge in [-0.15, -0.1) is 0 Å². The van der Waals surface area contributed by atoms with E-state index in [9.17, 15) is 4.79 Å². The van der Waals surface area contributed by atoms with Gasteiger partial charge in [-0.2, -0.15) is 0 Å². The molecule has 1 aliphatic rings. The van der Waals surface area contributed by atoms with Crippen LogP contribution >= 0.6 is 22.9 Å². The van der Waals surface area contributed by atoms with Crippen molar-refractivity contribution in [3.05, 3.63) is 15.0 Å². The molecular formula is C8H8ClNO2S. The molecule has 0 spiro atoms. The summed E-state index contributed by atoms with van der Waals surface area (Å²) in [7, 11) is 0. The van der Waals surface area contributed by atoms with Gasteiger partial charge in [0.1, 0.15) is 0 Å². The second-order valence-corrected chi connectivity index (χ2v) is 4.51. The van der Waals surface area contributed by atoms with Crippen molar-refractivity contribution in [2.45, 2.75) is 12.3 Å². The summed E-state index contributed by atoms with van der Waals surface area (Å²) in [5.41, 5.74) is 0.808. The lowest BCUT2D eigenvalue weighted by Gasteiger charge is -2.02. The van der Waals surface area contributed by atoms with Crippen molar-refractivity contribution in [1.29, 1.82) is 0 Å². The molecule has 0 N–H and O–H groups in total. The van der Waals surface area contributed by atoms with Crippen LogP contribution in [-0.4, -0.2) is 24.5 Å². The van der Waals surface area contributed by atoms with Gasteiger partial charge in [0.05, 0.1) is 17.2 Å². The quantitative estimate of drug-likeness (QED) is 0.713. The van der Waals surface area contributed by atoms with E-state index in [0.29, 0.717) is 16.0 Å². The van der Waals surface area contributed by atoms with Gasteiger partial charge in [0, 0.05) is 12.5 Å². The number of hydrogen-bond acceptors (Lipinski definition) is 4. The van der Waals surface area contributed by atoms with Crippen molar-refractivity contribution in [1.82, 2.24) is 4.98 Å². The van der Waals surface area contributed by atoms with Gasteiger partial charge < -0.3 is 4.74 Å². The van der Waals surface area contributed by atoms with Crippen molar-refractivity contribution < 1.29 is 9.53 Å². The number of thiazole rings is 1. The van der Waals surface area contributed by atoms with Gasteiger partial charge in [-0.1, -0.05) is 22.9 Å². The van der Waals surface area contributed by atoms with Crippen LogP contribution in [0.4, 0.5) is 0 Å². The summed E-state index contributed by atoms with van der Waals surface area (Å²) in [6.07, 6.45) is 1.75. The van der Waals surface area contributed by atoms with Crippen LogP contribution in [0.15, 0.2) is 0 Å². The molecule has 1 aromatic rings. The first-order chi connectivity index (χ1) is 6.31. The monoisotopic (exact) mass is 217 g/mol. The Morgan fingerprint density at radius 3 is 3.15 bits per heavy atom. The first-order valence-electron chi connectivity index (χ1n) is 4.00. The molecule has 13 heavy (non-hydrogen) atoms. The number of carbonyl (C=O) groups excluding carboxylic acids is 1. The van der Waals surface area contributed by atoms with Gasteiger partial charge in [-0.05, 0) is 6.42 Å². The third kappa shape index (κ3) is 1.75. The molecule has 70 valence electrons. The number of aromatic nitrogens is 1. The molecule has 1 fully saturated rings. The summed E-state index contributed by atoms with van der Waals surface area (Å²) in [5.74, 6) is 0.254. The van der Waals surface area contributed by atoms with Gasteiger partial charge in [-0.3, -0.25) is 4.79 Å². The Balaban J connectivity index is 2.31. The second-order valence-electron chi connectivity index (χ2n) is 2.89. The Labute approximate surface area is 84.7 Å². The minimum absolute atomic E-state index is 0.254. The first kappa shape index (κ1) is 9.12. The second kappa shape index (κ2) is 3.74. The van der Waals surface area contributed by atoms with E-state index in [2.05, 4.69) is 4.98 Å². The van der Waals surface area contributed by atoms with Gasteiger partial charge in [0.25, 0.3) is 0 Å². The molecule has 1 aliphatic heterocycles. The van der Waals surface area contributed by atoms with Crippen LogP contribution in [0.3, 0.4) is 0 Å². The number of carbonyl (C=O) groups is 1. The molecule has 5 heteroatoms. The molecule has 0 radical (unpaired) electrons. The molecule has 2 heterocycles. The highest BCUT2D eigenvalue weighted by atomic mass is 35.5. The molecule has 0 aliphatic carbocycles. The highest BCUT2D eigenvalue weighted by Gasteiger charge is 2.23. The minimum Gasteiger partial charge on any atom is -0.381 e. The number of ether oxygens (including phenoxy) is 1. The summed E-state index contributed by atoms with van der Waals surface area (Å²) in [6.45, 7) is 1.40. The minimum atomic E-state index is 0.254. The predicted molar refractivity (Wildman–Crippen MR) is 50.7 cm³/mol. The largest absolute Gasteiger partial charge is 0.381 e. The topological polar surface area (TPSA) is 39.2 Å². The Morgan fingerprint density at radius 2 is 2.54 bits per heavy atom. The predicted octanol–water partition coefficient (Wildman–Crippen LogP) is 2.11. The zero-order valence-electron chi connectivity index (χ0n) is 6.83. The number of hydrogen-bond donors (Lipinski definition) is 0. The van der Waals surface area contributed by atoms with Gasteiger partial charge in [0.2, 0.25) is 0 Å². The van der Waals surface area contributed by atoms with E-state index in [4.69, 9.17) is 16.3 Å². The van der Waals surface area contributed by atoms with Crippen molar-refractivity contribution >= 4 is 29.2 Å². The zero-order chi connectivity index (χ0) is 9.26. The highest BCUT2D eigenvalue weighted by Crippen LogP contribution is 2.31. The molecule has 0 bridgehead atoms. The van der Waals surface area contributed by atoms with Crippen molar-refractivity contribution in [3.8, 4) is 0 Å². The lowest BCUT2D eigenvalue weighted by Crippen LogP contribution is -2.00. The summed E-state index contributed by atoms with van der Waals surface area (Å²) in [6, 6.07) is 0. The van der Waals surface area contributed by atoms with Crippen LogP contribution in [0, 0.1) is 0 Å². The fourth-order valence-corrected chi connectivity index (χ4v) is 2.47. The van der Waals surface area contributed by atoms with E-state index in [1.165, 1.54) is 11.3 Å². The number of halogens is 1. The van der Waals surface area contributed by atoms with E-state index >= 15 is 0 Å². The lowest BCUT2D eigenvalue weighted by molar-refractivity contribution is 0.112. The normalized spacial score (nSPS) is 22.1. The highest BCUT2D eigenvalue weighted by molar-refractivity contribution is 7.17. The van der Waals surface area contributed by atoms with E-state index in [0.717, 1.165) is 25.0 Å². The van der Waals surface area contributed by atoms with Crippen LogP contribution in [0.5, 0.6) is 0 Å². The summed E-state index contributed by atoms with van der Waals surface area (Å²) in [4.78, 5) is 15.4. The standard InChI is InChI=1S/C8H8ClNO2S/c9-8-10-7(6(3-11)13-8)5-1-2-12-4-5/h3,5H,1-2,4H2. The summed E-state index contributed by atoms with van der Waals surface area (Å²) < 4.78 is 5.66. The van der Waals surface area contributed by atoms with Crippen LogP contribution in [0.25, 0.3) is 0 Å². The SMILES string of the molecule is O=Cc1sc(Cl)nc1C1CCOC1. The first-order valence-corrected chi connectivity index (χ1v) is 5.20. The maximum Gasteiger partial charge on any atom is 0.184 e. The van der Waals surface area contributed by atoms with E-state index in [1.54, 1.807) is 0 Å². The van der Waals surface area contributed by atoms with Crippen molar-refractivity contribution in [2.75, 3.05) is 13.2 Å². The molecule has 1 atom stereocenters. The zero-order valence-corrected chi connectivity index (χ0v) is 8.40. The number of aldehydes is 1. The van der Waals surface area contributed by atoms with Crippen LogP contribution in [0.1, 0.15) is 27.7 Å². The lowest BCUT2D eigenvalue weighted by atomic mass is 10.0. The van der Waals surface area contributed by atoms with E-state index in [1.807, 2.05) is 0 Å². The van der Waals surface area contributed by atoms with Crippen molar-refractivity contribution in [2.24, 2.45) is 0 Å². The molecule has 0 saturated carbocycles. The van der Waals surface area contributed by atoms with E-state index in [-0.39, 0.29) is 5.92 Å². The Bertz CT molecular complexity index is 320. The third-order valence-corrected chi connectivity index (χ3v) is 3.18. The molecule has 0 amide bonds. The Morgan fingerprint density at radius 1 is 1.69 bits per heavy atom. The maximum atomic E-state index is 10.7. The molecule has 2 rings (SSSR count). The Hall–Kier alpha value is -0.450. The molecule has 0 aromatic carbocycles. The van der Waals surface area contributed by atoms with Crippen molar-refractivity contribution in [3.63, 3.8) is 0 Å².